The van der Waals surface area contributed by atoms with Gasteiger partial charge in [-0.2, -0.15) is 0 Å². The Labute approximate surface area is 104 Å². The molecule has 1 aromatic carbocycles. The Kier molecular flexibility index (Phi) is 2.76. The van der Waals surface area contributed by atoms with Gasteiger partial charge in [0.15, 0.2) is 17.3 Å². The molecule has 0 aromatic heterocycles. The molecule has 2 N–H and O–H groups in total. The van der Waals surface area contributed by atoms with Crippen LogP contribution in [0.3, 0.4) is 0 Å². The van der Waals surface area contributed by atoms with Crippen LogP contribution in [0.4, 0.5) is 5.69 Å². The first-order valence-electron chi connectivity index (χ1n) is 5.82. The molecule has 0 spiro atoms. The average molecular weight is 247 g/mol. The van der Waals surface area contributed by atoms with Gasteiger partial charge < -0.3 is 20.1 Å². The summed E-state index contributed by atoms with van der Waals surface area (Å²) in [5, 5.41) is 5.75. The molecule has 0 radical (unpaired) electrons. The van der Waals surface area contributed by atoms with Crippen molar-refractivity contribution in [2.24, 2.45) is 4.99 Å². The van der Waals surface area contributed by atoms with E-state index in [0.717, 1.165) is 13.0 Å². The molecule has 3 rings (SSSR count). The second-order valence-electron chi connectivity index (χ2n) is 4.03. The zero-order chi connectivity index (χ0) is 12.4. The number of benzene rings is 1. The molecule has 0 fully saturated rings. The number of aliphatic imine (C=N–C) groups is 1. The van der Waals surface area contributed by atoms with E-state index < -0.39 is 0 Å². The number of rotatable bonds is 2. The third-order valence-electron chi connectivity index (χ3n) is 2.74. The fraction of sp³-hybridized carbons (Fsp3) is 0.333. The number of fused-ring (bicyclic) bond motifs is 1. The van der Waals surface area contributed by atoms with Gasteiger partial charge in [0.05, 0.1) is 0 Å². The Morgan fingerprint density at radius 2 is 2.22 bits per heavy atom. The second kappa shape index (κ2) is 4.56. The van der Waals surface area contributed by atoms with E-state index in [1.165, 1.54) is 0 Å². The Morgan fingerprint density at radius 3 is 3.06 bits per heavy atom. The molecule has 6 nitrogen and oxygen atoms in total. The minimum absolute atomic E-state index is 0.223. The van der Waals surface area contributed by atoms with Gasteiger partial charge in [0.2, 0.25) is 6.79 Å². The molecule has 0 aliphatic carbocycles. The topological polar surface area (TPSA) is 72.0 Å². The number of carbonyl (C=O) groups is 1. The molecule has 2 aliphatic heterocycles. The van der Waals surface area contributed by atoms with Gasteiger partial charge in [0, 0.05) is 24.8 Å². The van der Waals surface area contributed by atoms with Crippen molar-refractivity contribution in [2.45, 2.75) is 6.42 Å². The number of nitrogens with zero attached hydrogens (tertiary/aromatic N) is 1. The zero-order valence-electron chi connectivity index (χ0n) is 9.73. The van der Waals surface area contributed by atoms with Gasteiger partial charge >= 0.3 is 0 Å². The summed E-state index contributed by atoms with van der Waals surface area (Å²) in [6, 6.07) is 5.28. The summed E-state index contributed by atoms with van der Waals surface area (Å²) in [6.45, 7) is 1.70. The maximum absolute atomic E-state index is 11.9. The maximum atomic E-state index is 11.9. The maximum Gasteiger partial charge on any atom is 0.290 e. The molecule has 2 heterocycles. The number of amidine groups is 1. The Balaban J connectivity index is 1.72. The number of hydrogen-bond donors (Lipinski definition) is 2. The highest BCUT2D eigenvalue weighted by Gasteiger charge is 2.17. The largest absolute Gasteiger partial charge is 0.454 e. The molecule has 0 bridgehead atoms. The van der Waals surface area contributed by atoms with Crippen molar-refractivity contribution in [3.63, 3.8) is 0 Å². The second-order valence-corrected chi connectivity index (χ2v) is 4.03. The third kappa shape index (κ3) is 2.09. The van der Waals surface area contributed by atoms with E-state index >= 15 is 0 Å². The predicted octanol–water partition coefficient (Wildman–Crippen LogP) is 0.746. The molecule has 2 aliphatic rings. The van der Waals surface area contributed by atoms with Crippen molar-refractivity contribution in [3.05, 3.63) is 18.2 Å². The normalized spacial score (nSPS) is 16.8. The standard InChI is InChI=1S/C12H13N3O3/c16-12(11-13-4-1-5-14-11)15-8-2-3-9-10(6-8)18-7-17-9/h2-3,6H,1,4-5,7H2,(H,13,14)(H,15,16). The van der Waals surface area contributed by atoms with Crippen molar-refractivity contribution in [2.75, 3.05) is 25.2 Å². The van der Waals surface area contributed by atoms with E-state index in [0.29, 0.717) is 29.6 Å². The lowest BCUT2D eigenvalue weighted by molar-refractivity contribution is -0.110. The van der Waals surface area contributed by atoms with Crippen molar-refractivity contribution < 1.29 is 14.3 Å². The lowest BCUT2D eigenvalue weighted by Gasteiger charge is -2.14. The lowest BCUT2D eigenvalue weighted by atomic mass is 10.2. The lowest BCUT2D eigenvalue weighted by Crippen LogP contribution is -2.39. The number of ether oxygens (including phenoxy) is 2. The van der Waals surface area contributed by atoms with E-state index in [1.807, 2.05) is 0 Å². The number of nitrogens with one attached hydrogen (secondary N) is 2. The van der Waals surface area contributed by atoms with E-state index in [4.69, 9.17) is 9.47 Å². The van der Waals surface area contributed by atoms with Gasteiger partial charge in [-0.05, 0) is 18.6 Å². The molecule has 0 saturated heterocycles. The molecule has 0 atom stereocenters. The first kappa shape index (κ1) is 10.9. The molecule has 1 aromatic rings. The highest BCUT2D eigenvalue weighted by molar-refractivity contribution is 6.42. The fourth-order valence-electron chi connectivity index (χ4n) is 1.85. The average Bonchev–Trinajstić information content (AvgIpc) is 2.87. The summed E-state index contributed by atoms with van der Waals surface area (Å²) >= 11 is 0. The summed E-state index contributed by atoms with van der Waals surface area (Å²) in [4.78, 5) is 16.0. The van der Waals surface area contributed by atoms with Crippen molar-refractivity contribution in [1.82, 2.24) is 5.32 Å². The van der Waals surface area contributed by atoms with E-state index in [9.17, 15) is 4.79 Å². The highest BCUT2D eigenvalue weighted by atomic mass is 16.7. The summed E-state index contributed by atoms with van der Waals surface area (Å²) < 4.78 is 10.5. The van der Waals surface area contributed by atoms with E-state index in [1.54, 1.807) is 18.2 Å². The minimum atomic E-state index is -0.228. The van der Waals surface area contributed by atoms with Crippen LogP contribution in [0, 0.1) is 0 Å². The van der Waals surface area contributed by atoms with Crippen LogP contribution in [-0.4, -0.2) is 31.6 Å². The molecule has 1 amide bonds. The summed E-state index contributed by atoms with van der Waals surface area (Å²) in [6.07, 6.45) is 0.959. The summed E-state index contributed by atoms with van der Waals surface area (Å²) in [5.41, 5.74) is 0.666. The molecule has 18 heavy (non-hydrogen) atoms. The van der Waals surface area contributed by atoms with Gasteiger partial charge in [-0.15, -0.1) is 0 Å². The predicted molar refractivity (Wildman–Crippen MR) is 66.1 cm³/mol. The molecular weight excluding hydrogens is 234 g/mol. The van der Waals surface area contributed by atoms with Crippen LogP contribution >= 0.6 is 0 Å². The number of carbonyl (C=O) groups excluding carboxylic acids is 1. The first-order valence-corrected chi connectivity index (χ1v) is 5.82. The van der Waals surface area contributed by atoms with E-state index in [-0.39, 0.29) is 12.7 Å². The SMILES string of the molecule is O=C(Nc1ccc2c(c1)OCO2)C1=NCCCN1. The number of hydrogen-bond acceptors (Lipinski definition) is 5. The van der Waals surface area contributed by atoms with Crippen molar-refractivity contribution in [1.29, 1.82) is 0 Å². The molecule has 0 unspecified atom stereocenters. The molecule has 94 valence electrons. The third-order valence-corrected chi connectivity index (χ3v) is 2.74. The van der Waals surface area contributed by atoms with Crippen LogP contribution in [0.2, 0.25) is 0 Å². The Morgan fingerprint density at radius 1 is 1.33 bits per heavy atom. The molecule has 6 heteroatoms. The Hall–Kier alpha value is -2.24. The minimum Gasteiger partial charge on any atom is -0.454 e. The van der Waals surface area contributed by atoms with Gasteiger partial charge in [0.1, 0.15) is 0 Å². The quantitative estimate of drug-likeness (QED) is 0.808. The number of anilines is 1. The molecule has 0 saturated carbocycles. The van der Waals surface area contributed by atoms with Crippen LogP contribution in [0.1, 0.15) is 6.42 Å². The van der Waals surface area contributed by atoms with Gasteiger partial charge in [-0.25, -0.2) is 0 Å². The highest BCUT2D eigenvalue weighted by Crippen LogP contribution is 2.34. The van der Waals surface area contributed by atoms with Crippen molar-refractivity contribution >= 4 is 17.4 Å². The van der Waals surface area contributed by atoms with Crippen LogP contribution in [0.5, 0.6) is 11.5 Å². The van der Waals surface area contributed by atoms with Gasteiger partial charge in [-0.1, -0.05) is 0 Å². The van der Waals surface area contributed by atoms with Gasteiger partial charge in [0.25, 0.3) is 5.91 Å². The number of amides is 1. The van der Waals surface area contributed by atoms with Crippen LogP contribution < -0.4 is 20.1 Å². The van der Waals surface area contributed by atoms with Crippen LogP contribution in [0.15, 0.2) is 23.2 Å². The zero-order valence-corrected chi connectivity index (χ0v) is 9.73. The monoisotopic (exact) mass is 247 g/mol. The Bertz CT molecular complexity index is 513. The molecular formula is C12H13N3O3. The van der Waals surface area contributed by atoms with Crippen LogP contribution in [-0.2, 0) is 4.79 Å². The van der Waals surface area contributed by atoms with Gasteiger partial charge in [-0.3, -0.25) is 9.79 Å². The van der Waals surface area contributed by atoms with Crippen molar-refractivity contribution in [3.8, 4) is 11.5 Å². The summed E-state index contributed by atoms with van der Waals surface area (Å²) in [5.74, 6) is 1.50. The fourth-order valence-corrected chi connectivity index (χ4v) is 1.85. The van der Waals surface area contributed by atoms with Crippen LogP contribution in [0.25, 0.3) is 0 Å². The van der Waals surface area contributed by atoms with E-state index in [2.05, 4.69) is 15.6 Å². The first-order chi connectivity index (χ1) is 8.83. The smallest absolute Gasteiger partial charge is 0.290 e. The summed E-state index contributed by atoms with van der Waals surface area (Å²) in [7, 11) is 0.